The molecule has 2 aromatic carbocycles. The highest BCUT2D eigenvalue weighted by Crippen LogP contribution is 2.31. The van der Waals surface area contributed by atoms with Crippen LogP contribution in [-0.2, 0) is 0 Å². The lowest BCUT2D eigenvalue weighted by Crippen LogP contribution is -1.92. The number of aromatic nitrogens is 1. The standard InChI is InChI=1S/C15H8ClF3N2S/c16-9-6-8(4-5-10(9)17)20-15-21-13(7-22-15)14-11(18)2-1-3-12(14)19/h1-7H,(H,20,21). The minimum absolute atomic E-state index is 0.0260. The molecule has 0 aliphatic carbocycles. The van der Waals surface area contributed by atoms with E-state index < -0.39 is 17.5 Å². The molecule has 1 N–H and O–H groups in total. The van der Waals surface area contributed by atoms with Crippen LogP contribution in [0.4, 0.5) is 24.0 Å². The second-order valence-electron chi connectivity index (χ2n) is 4.39. The maximum Gasteiger partial charge on any atom is 0.187 e. The van der Waals surface area contributed by atoms with E-state index in [4.69, 9.17) is 11.6 Å². The molecule has 0 spiro atoms. The molecule has 0 bridgehead atoms. The van der Waals surface area contributed by atoms with Crippen LogP contribution < -0.4 is 5.32 Å². The van der Waals surface area contributed by atoms with Crippen LogP contribution in [0.5, 0.6) is 0 Å². The zero-order valence-electron chi connectivity index (χ0n) is 10.9. The van der Waals surface area contributed by atoms with E-state index in [1.165, 1.54) is 53.1 Å². The van der Waals surface area contributed by atoms with E-state index in [0.29, 0.717) is 10.8 Å². The highest BCUT2D eigenvalue weighted by Gasteiger charge is 2.14. The maximum absolute atomic E-state index is 13.7. The summed E-state index contributed by atoms with van der Waals surface area (Å²) < 4.78 is 40.5. The topological polar surface area (TPSA) is 24.9 Å². The van der Waals surface area contributed by atoms with Crippen molar-refractivity contribution in [2.45, 2.75) is 0 Å². The summed E-state index contributed by atoms with van der Waals surface area (Å²) in [5, 5.41) is 4.84. The molecular formula is C15H8ClF3N2S. The SMILES string of the molecule is Fc1ccc(Nc2nc(-c3c(F)cccc3F)cs2)cc1Cl. The summed E-state index contributed by atoms with van der Waals surface area (Å²) >= 11 is 6.87. The first-order valence-corrected chi connectivity index (χ1v) is 7.42. The summed E-state index contributed by atoms with van der Waals surface area (Å²) in [5.41, 5.74) is 0.543. The third-order valence-corrected chi connectivity index (χ3v) is 3.94. The van der Waals surface area contributed by atoms with Crippen LogP contribution in [0.2, 0.25) is 5.02 Å². The van der Waals surface area contributed by atoms with Gasteiger partial charge in [-0.3, -0.25) is 0 Å². The van der Waals surface area contributed by atoms with E-state index >= 15 is 0 Å². The van der Waals surface area contributed by atoms with Crippen molar-refractivity contribution in [1.82, 2.24) is 4.98 Å². The Labute approximate surface area is 133 Å². The Balaban J connectivity index is 1.89. The smallest absolute Gasteiger partial charge is 0.187 e. The fourth-order valence-electron chi connectivity index (χ4n) is 1.89. The van der Waals surface area contributed by atoms with Crippen molar-refractivity contribution >= 4 is 33.8 Å². The summed E-state index contributed by atoms with van der Waals surface area (Å²) in [5.74, 6) is -1.89. The Bertz CT molecular complexity index is 815. The molecular weight excluding hydrogens is 333 g/mol. The number of hydrogen-bond donors (Lipinski definition) is 1. The second kappa shape index (κ2) is 5.98. The van der Waals surface area contributed by atoms with E-state index in [2.05, 4.69) is 10.3 Å². The van der Waals surface area contributed by atoms with E-state index in [-0.39, 0.29) is 16.3 Å². The molecule has 2 nitrogen and oxygen atoms in total. The van der Waals surface area contributed by atoms with Gasteiger partial charge in [0.05, 0.1) is 16.3 Å². The zero-order chi connectivity index (χ0) is 15.7. The van der Waals surface area contributed by atoms with Gasteiger partial charge in [-0.25, -0.2) is 18.2 Å². The summed E-state index contributed by atoms with van der Waals surface area (Å²) in [6, 6.07) is 7.75. The predicted molar refractivity (Wildman–Crippen MR) is 82.2 cm³/mol. The van der Waals surface area contributed by atoms with Gasteiger partial charge in [0.1, 0.15) is 17.5 Å². The number of nitrogens with one attached hydrogen (secondary N) is 1. The highest BCUT2D eigenvalue weighted by molar-refractivity contribution is 7.14. The Morgan fingerprint density at radius 1 is 1.00 bits per heavy atom. The van der Waals surface area contributed by atoms with Gasteiger partial charge in [0.2, 0.25) is 0 Å². The van der Waals surface area contributed by atoms with Crippen molar-refractivity contribution < 1.29 is 13.2 Å². The molecule has 3 aromatic rings. The average Bonchev–Trinajstić information content (AvgIpc) is 2.91. The first kappa shape index (κ1) is 14.9. The van der Waals surface area contributed by atoms with Crippen LogP contribution in [-0.4, -0.2) is 4.98 Å². The van der Waals surface area contributed by atoms with Gasteiger partial charge in [-0.1, -0.05) is 17.7 Å². The molecule has 1 heterocycles. The molecule has 0 unspecified atom stereocenters. The van der Waals surface area contributed by atoms with E-state index in [1.54, 1.807) is 0 Å². The van der Waals surface area contributed by atoms with Crippen LogP contribution in [0.1, 0.15) is 0 Å². The second-order valence-corrected chi connectivity index (χ2v) is 5.65. The number of benzene rings is 2. The van der Waals surface area contributed by atoms with E-state index in [0.717, 1.165) is 0 Å². The number of nitrogens with zero attached hydrogens (tertiary/aromatic N) is 1. The van der Waals surface area contributed by atoms with Crippen LogP contribution in [0.25, 0.3) is 11.3 Å². The minimum Gasteiger partial charge on any atom is -0.331 e. The molecule has 0 saturated heterocycles. The van der Waals surface area contributed by atoms with E-state index in [1.807, 2.05) is 0 Å². The summed E-state index contributed by atoms with van der Waals surface area (Å²) in [6.07, 6.45) is 0. The highest BCUT2D eigenvalue weighted by atomic mass is 35.5. The molecule has 0 fully saturated rings. The van der Waals surface area contributed by atoms with E-state index in [9.17, 15) is 13.2 Å². The first-order valence-electron chi connectivity index (χ1n) is 6.16. The number of rotatable bonds is 3. The molecule has 0 radical (unpaired) electrons. The van der Waals surface area contributed by atoms with Crippen molar-refractivity contribution in [2.24, 2.45) is 0 Å². The van der Waals surface area contributed by atoms with Crippen LogP contribution >= 0.6 is 22.9 Å². The van der Waals surface area contributed by atoms with Gasteiger partial charge in [0, 0.05) is 11.1 Å². The molecule has 22 heavy (non-hydrogen) atoms. The van der Waals surface area contributed by atoms with Crippen molar-refractivity contribution in [3.63, 3.8) is 0 Å². The summed E-state index contributed by atoms with van der Waals surface area (Å²) in [6.45, 7) is 0. The Kier molecular flexibility index (Phi) is 4.04. The van der Waals surface area contributed by atoms with Crippen molar-refractivity contribution in [1.29, 1.82) is 0 Å². The van der Waals surface area contributed by atoms with Gasteiger partial charge in [-0.2, -0.15) is 0 Å². The fourth-order valence-corrected chi connectivity index (χ4v) is 2.79. The normalized spacial score (nSPS) is 10.7. The molecule has 3 rings (SSSR count). The largest absolute Gasteiger partial charge is 0.331 e. The lowest BCUT2D eigenvalue weighted by atomic mass is 10.1. The average molecular weight is 341 g/mol. The quantitative estimate of drug-likeness (QED) is 0.669. The molecule has 7 heteroatoms. The molecule has 0 atom stereocenters. The molecule has 0 aliphatic rings. The van der Waals surface area contributed by atoms with Crippen LogP contribution in [0.3, 0.4) is 0 Å². The predicted octanol–water partition coefficient (Wildman–Crippen LogP) is 5.62. The van der Waals surface area contributed by atoms with Crippen molar-refractivity contribution in [2.75, 3.05) is 5.32 Å². The number of thiazole rings is 1. The lowest BCUT2D eigenvalue weighted by molar-refractivity contribution is 0.589. The number of anilines is 2. The zero-order valence-corrected chi connectivity index (χ0v) is 12.5. The fraction of sp³-hybridized carbons (Fsp3) is 0. The van der Waals surface area contributed by atoms with Crippen molar-refractivity contribution in [3.8, 4) is 11.3 Å². The lowest BCUT2D eigenvalue weighted by Gasteiger charge is -2.04. The van der Waals surface area contributed by atoms with Gasteiger partial charge in [-0.05, 0) is 30.3 Å². The monoisotopic (exact) mass is 340 g/mol. The van der Waals surface area contributed by atoms with Gasteiger partial charge in [0.15, 0.2) is 5.13 Å². The Morgan fingerprint density at radius 2 is 1.73 bits per heavy atom. The third kappa shape index (κ3) is 2.93. The molecule has 112 valence electrons. The molecule has 0 saturated carbocycles. The molecule has 1 aromatic heterocycles. The van der Waals surface area contributed by atoms with Gasteiger partial charge in [-0.15, -0.1) is 11.3 Å². The molecule has 0 aliphatic heterocycles. The Morgan fingerprint density at radius 3 is 2.41 bits per heavy atom. The summed E-state index contributed by atoms with van der Waals surface area (Å²) in [4.78, 5) is 4.14. The maximum atomic E-state index is 13.7. The Hall–Kier alpha value is -2.05. The van der Waals surface area contributed by atoms with Crippen LogP contribution in [0, 0.1) is 17.5 Å². The molecule has 0 amide bonds. The minimum atomic E-state index is -0.679. The van der Waals surface area contributed by atoms with Gasteiger partial charge in [0.25, 0.3) is 0 Å². The van der Waals surface area contributed by atoms with Gasteiger partial charge >= 0.3 is 0 Å². The first-order chi connectivity index (χ1) is 10.5. The van der Waals surface area contributed by atoms with Gasteiger partial charge < -0.3 is 5.32 Å². The summed E-state index contributed by atoms with van der Waals surface area (Å²) in [7, 11) is 0. The number of halogens is 4. The third-order valence-electron chi connectivity index (χ3n) is 2.89. The van der Waals surface area contributed by atoms with Crippen molar-refractivity contribution in [3.05, 3.63) is 64.3 Å². The number of hydrogen-bond acceptors (Lipinski definition) is 3. The van der Waals surface area contributed by atoms with Crippen LogP contribution in [0.15, 0.2) is 41.8 Å².